The van der Waals surface area contributed by atoms with Crippen molar-refractivity contribution in [3.63, 3.8) is 0 Å². The molecule has 0 aliphatic heterocycles. The van der Waals surface area contributed by atoms with E-state index < -0.39 is 5.97 Å². The highest BCUT2D eigenvalue weighted by molar-refractivity contribution is 9.10. The van der Waals surface area contributed by atoms with E-state index in [1.165, 1.54) is 12.1 Å². The minimum Gasteiger partial charge on any atom is -0.508 e. The van der Waals surface area contributed by atoms with Crippen LogP contribution < -0.4 is 15.5 Å². The van der Waals surface area contributed by atoms with Crippen LogP contribution in [0, 0.1) is 0 Å². The van der Waals surface area contributed by atoms with Crippen LogP contribution in [-0.4, -0.2) is 34.7 Å². The summed E-state index contributed by atoms with van der Waals surface area (Å²) in [6, 6.07) is 19.8. The summed E-state index contributed by atoms with van der Waals surface area (Å²) in [6.07, 6.45) is -0.151. The van der Waals surface area contributed by atoms with Gasteiger partial charge in [0.25, 0.3) is 5.91 Å². The number of aromatic hydroxyl groups is 1. The molecule has 3 aromatic carbocycles. The van der Waals surface area contributed by atoms with E-state index in [1.54, 1.807) is 41.3 Å². The van der Waals surface area contributed by atoms with Gasteiger partial charge < -0.3 is 20.8 Å². The molecule has 0 fully saturated rings. The molecule has 0 bridgehead atoms. The van der Waals surface area contributed by atoms with Crippen LogP contribution in [0.4, 0.5) is 16.2 Å². The third-order valence-electron chi connectivity index (χ3n) is 4.68. The van der Waals surface area contributed by atoms with E-state index in [1.807, 2.05) is 24.3 Å². The molecule has 0 atom stereocenters. The first-order valence-electron chi connectivity index (χ1n) is 10.0. The summed E-state index contributed by atoms with van der Waals surface area (Å²) in [5.74, 6) is -1.24. The fourth-order valence-electron chi connectivity index (χ4n) is 2.97. The number of anilines is 2. The number of hydrogen-bond donors (Lipinski definition) is 4. The third kappa shape index (κ3) is 7.08. The second kappa shape index (κ2) is 11.1. The number of hydrogen-bond acceptors (Lipinski definition) is 4. The number of nitrogens with one attached hydrogen (secondary N) is 2. The van der Waals surface area contributed by atoms with Gasteiger partial charge in [0.05, 0.1) is 13.0 Å². The summed E-state index contributed by atoms with van der Waals surface area (Å²) >= 11 is 3.39. The zero-order chi connectivity index (χ0) is 23.8. The molecule has 0 aliphatic carbocycles. The predicted octanol–water partition coefficient (Wildman–Crippen LogP) is 4.60. The average Bonchev–Trinajstić information content (AvgIpc) is 2.80. The number of rotatable bonds is 8. The SMILES string of the molecule is O=C(O)CCNC(=O)c1ccc(CN(C(=O)Nc2ccc(O)cc2)c2ccc(Br)cc2)cc1. The minimum absolute atomic E-state index is 0.0463. The summed E-state index contributed by atoms with van der Waals surface area (Å²) in [5, 5.41) is 23.5. The Morgan fingerprint density at radius 3 is 2.12 bits per heavy atom. The molecular weight excluding hydrogens is 490 g/mol. The fourth-order valence-corrected chi connectivity index (χ4v) is 3.23. The first-order valence-corrected chi connectivity index (χ1v) is 10.8. The quantitative estimate of drug-likeness (QED) is 0.329. The van der Waals surface area contributed by atoms with Crippen molar-refractivity contribution in [3.05, 3.63) is 88.4 Å². The van der Waals surface area contributed by atoms with E-state index in [9.17, 15) is 19.5 Å². The van der Waals surface area contributed by atoms with E-state index >= 15 is 0 Å². The molecule has 8 nitrogen and oxygen atoms in total. The lowest BCUT2D eigenvalue weighted by molar-refractivity contribution is -0.136. The lowest BCUT2D eigenvalue weighted by Crippen LogP contribution is -2.34. The average molecular weight is 512 g/mol. The molecule has 9 heteroatoms. The molecule has 4 N–H and O–H groups in total. The van der Waals surface area contributed by atoms with Gasteiger partial charge in [0, 0.05) is 28.0 Å². The van der Waals surface area contributed by atoms with Gasteiger partial charge in [-0.2, -0.15) is 0 Å². The number of carboxylic acid groups (broad SMARTS) is 1. The number of phenols is 1. The maximum absolute atomic E-state index is 13.1. The van der Waals surface area contributed by atoms with Crippen LogP contribution in [0.3, 0.4) is 0 Å². The molecule has 33 heavy (non-hydrogen) atoms. The van der Waals surface area contributed by atoms with Crippen molar-refractivity contribution in [2.24, 2.45) is 0 Å². The Hall–Kier alpha value is -3.85. The second-order valence-corrected chi connectivity index (χ2v) is 8.05. The second-order valence-electron chi connectivity index (χ2n) is 7.14. The van der Waals surface area contributed by atoms with E-state index in [0.717, 1.165) is 10.0 Å². The van der Waals surface area contributed by atoms with Gasteiger partial charge in [-0.1, -0.05) is 28.1 Å². The number of benzene rings is 3. The summed E-state index contributed by atoms with van der Waals surface area (Å²) in [4.78, 5) is 37.4. The lowest BCUT2D eigenvalue weighted by atomic mass is 10.1. The molecule has 3 rings (SSSR count). The van der Waals surface area contributed by atoms with E-state index in [4.69, 9.17) is 5.11 Å². The van der Waals surface area contributed by atoms with Gasteiger partial charge in [-0.05, 0) is 66.2 Å². The molecule has 0 aliphatic rings. The number of amides is 3. The van der Waals surface area contributed by atoms with E-state index in [0.29, 0.717) is 16.9 Å². The standard InChI is InChI=1S/C24H22BrN3O5/c25-18-5-9-20(10-6-18)28(24(33)27-19-7-11-21(29)12-8-19)15-16-1-3-17(4-2-16)23(32)26-14-13-22(30)31/h1-12,29H,13-15H2,(H,26,32)(H,27,33)(H,30,31). The van der Waals surface area contributed by atoms with Gasteiger partial charge in [0.2, 0.25) is 0 Å². The number of aliphatic carboxylic acids is 1. The maximum atomic E-state index is 13.1. The maximum Gasteiger partial charge on any atom is 0.326 e. The number of phenolic OH excluding ortho intramolecular Hbond substituents is 1. The van der Waals surface area contributed by atoms with Crippen molar-refractivity contribution in [2.75, 3.05) is 16.8 Å². The highest BCUT2D eigenvalue weighted by Gasteiger charge is 2.17. The molecule has 0 spiro atoms. The van der Waals surface area contributed by atoms with Crippen LogP contribution in [0.15, 0.2) is 77.3 Å². The number of carboxylic acids is 1. The highest BCUT2D eigenvalue weighted by Crippen LogP contribution is 2.23. The molecule has 3 aromatic rings. The van der Waals surface area contributed by atoms with Gasteiger partial charge in [-0.25, -0.2) is 4.79 Å². The molecule has 0 aromatic heterocycles. The Labute approximate surface area is 199 Å². The zero-order valence-corrected chi connectivity index (χ0v) is 19.1. The van der Waals surface area contributed by atoms with Crippen molar-refractivity contribution in [1.82, 2.24) is 5.32 Å². The van der Waals surface area contributed by atoms with Crippen molar-refractivity contribution < 1.29 is 24.6 Å². The normalized spacial score (nSPS) is 10.3. The van der Waals surface area contributed by atoms with Crippen molar-refractivity contribution in [1.29, 1.82) is 0 Å². The van der Waals surface area contributed by atoms with Crippen LogP contribution in [-0.2, 0) is 11.3 Å². The number of halogens is 1. The molecule has 170 valence electrons. The summed E-state index contributed by atoms with van der Waals surface area (Å²) in [7, 11) is 0. The highest BCUT2D eigenvalue weighted by atomic mass is 79.9. The molecule has 3 amide bonds. The van der Waals surface area contributed by atoms with Crippen LogP contribution in [0.25, 0.3) is 0 Å². The molecular formula is C24H22BrN3O5. The Morgan fingerprint density at radius 1 is 0.879 bits per heavy atom. The third-order valence-corrected chi connectivity index (χ3v) is 5.21. The number of urea groups is 1. The molecule has 0 saturated heterocycles. The van der Waals surface area contributed by atoms with Crippen LogP contribution in [0.2, 0.25) is 0 Å². The Bertz CT molecular complexity index is 1120. The van der Waals surface area contributed by atoms with E-state index in [2.05, 4.69) is 26.6 Å². The molecule has 0 unspecified atom stereocenters. The topological polar surface area (TPSA) is 119 Å². The minimum atomic E-state index is -0.982. The monoisotopic (exact) mass is 511 g/mol. The summed E-state index contributed by atoms with van der Waals surface area (Å²) < 4.78 is 0.878. The van der Waals surface area contributed by atoms with Crippen molar-refractivity contribution in [2.45, 2.75) is 13.0 Å². The van der Waals surface area contributed by atoms with Gasteiger partial charge in [-0.15, -0.1) is 0 Å². The number of carbonyl (C=O) groups is 3. The molecule has 0 heterocycles. The van der Waals surface area contributed by atoms with Gasteiger partial charge in [0.1, 0.15) is 5.75 Å². The van der Waals surface area contributed by atoms with E-state index in [-0.39, 0.29) is 37.2 Å². The van der Waals surface area contributed by atoms with Crippen LogP contribution in [0.5, 0.6) is 5.75 Å². The Kier molecular flexibility index (Phi) is 8.04. The first-order chi connectivity index (χ1) is 15.8. The number of nitrogens with zero attached hydrogens (tertiary/aromatic N) is 1. The first kappa shape index (κ1) is 23.8. The largest absolute Gasteiger partial charge is 0.508 e. The molecule has 0 radical (unpaired) electrons. The predicted molar refractivity (Wildman–Crippen MR) is 128 cm³/mol. The summed E-state index contributed by atoms with van der Waals surface area (Å²) in [6.45, 7) is 0.289. The van der Waals surface area contributed by atoms with Crippen molar-refractivity contribution in [3.8, 4) is 5.75 Å². The van der Waals surface area contributed by atoms with Crippen LogP contribution in [0.1, 0.15) is 22.3 Å². The van der Waals surface area contributed by atoms with Gasteiger partial charge in [0.15, 0.2) is 0 Å². The van der Waals surface area contributed by atoms with Gasteiger partial charge >= 0.3 is 12.0 Å². The Morgan fingerprint density at radius 2 is 1.52 bits per heavy atom. The zero-order valence-electron chi connectivity index (χ0n) is 17.5. The van der Waals surface area contributed by atoms with Gasteiger partial charge in [-0.3, -0.25) is 14.5 Å². The Balaban J connectivity index is 1.74. The number of carbonyl (C=O) groups excluding carboxylic acids is 2. The smallest absolute Gasteiger partial charge is 0.326 e. The lowest BCUT2D eigenvalue weighted by Gasteiger charge is -2.24. The molecule has 0 saturated carbocycles. The fraction of sp³-hybridized carbons (Fsp3) is 0.125. The summed E-state index contributed by atoms with van der Waals surface area (Å²) in [5.41, 5.74) is 2.40. The van der Waals surface area contributed by atoms with Crippen LogP contribution >= 0.6 is 15.9 Å². The van der Waals surface area contributed by atoms with Crippen molar-refractivity contribution >= 4 is 45.2 Å².